The third kappa shape index (κ3) is 5.78. The maximum absolute atomic E-state index is 11.7. The average Bonchev–Trinajstić information content (AvgIpc) is 2.82. The van der Waals surface area contributed by atoms with Gasteiger partial charge in [0.05, 0.1) is 5.69 Å². The van der Waals surface area contributed by atoms with Crippen molar-refractivity contribution in [1.82, 2.24) is 10.3 Å². The van der Waals surface area contributed by atoms with E-state index in [4.69, 9.17) is 10.8 Å². The molecular formula is C12H18N4O4S. The Hall–Kier alpha value is -2.16. The number of nitrogens with one attached hydrogen (secondary N) is 2. The van der Waals surface area contributed by atoms with E-state index in [1.165, 1.54) is 11.3 Å². The van der Waals surface area contributed by atoms with Crippen LogP contribution in [0.2, 0.25) is 0 Å². The number of amides is 3. The Kier molecular flexibility index (Phi) is 6.10. The van der Waals surface area contributed by atoms with Crippen LogP contribution in [-0.4, -0.2) is 34.0 Å². The van der Waals surface area contributed by atoms with Gasteiger partial charge in [0.1, 0.15) is 6.04 Å². The van der Waals surface area contributed by atoms with Crippen molar-refractivity contribution in [3.8, 4) is 0 Å². The number of hydrogen-bond donors (Lipinski definition) is 4. The van der Waals surface area contributed by atoms with Gasteiger partial charge < -0.3 is 16.2 Å². The maximum atomic E-state index is 11.7. The Morgan fingerprint density at radius 1 is 1.43 bits per heavy atom. The molecule has 1 atom stereocenters. The van der Waals surface area contributed by atoms with E-state index in [0.717, 1.165) is 5.69 Å². The van der Waals surface area contributed by atoms with Crippen LogP contribution in [0.4, 0.5) is 9.93 Å². The number of carbonyl (C=O) groups is 3. The van der Waals surface area contributed by atoms with Crippen molar-refractivity contribution in [2.24, 2.45) is 5.73 Å². The molecule has 0 aliphatic rings. The molecule has 1 aromatic rings. The van der Waals surface area contributed by atoms with E-state index in [1.807, 2.05) is 19.2 Å². The van der Waals surface area contributed by atoms with E-state index >= 15 is 0 Å². The molecule has 5 N–H and O–H groups in total. The van der Waals surface area contributed by atoms with Gasteiger partial charge in [0.15, 0.2) is 5.13 Å². The Labute approximate surface area is 125 Å². The molecule has 8 nitrogen and oxygen atoms in total. The van der Waals surface area contributed by atoms with Crippen molar-refractivity contribution in [3.05, 3.63) is 11.1 Å². The highest BCUT2D eigenvalue weighted by Crippen LogP contribution is 2.21. The Bertz CT molecular complexity index is 529. The van der Waals surface area contributed by atoms with Crippen LogP contribution in [-0.2, 0) is 9.59 Å². The second-order valence-electron chi connectivity index (χ2n) is 4.73. The van der Waals surface area contributed by atoms with Crippen molar-refractivity contribution >= 4 is 34.4 Å². The summed E-state index contributed by atoms with van der Waals surface area (Å²) in [4.78, 5) is 37.6. The molecular weight excluding hydrogens is 296 g/mol. The summed E-state index contributed by atoms with van der Waals surface area (Å²) in [5, 5.41) is 15.9. The van der Waals surface area contributed by atoms with Crippen LogP contribution in [0.1, 0.15) is 38.3 Å². The van der Waals surface area contributed by atoms with Gasteiger partial charge in [-0.15, -0.1) is 11.3 Å². The topological polar surface area (TPSA) is 134 Å². The van der Waals surface area contributed by atoms with Crippen molar-refractivity contribution < 1.29 is 19.5 Å². The molecule has 0 aliphatic heterocycles. The number of rotatable bonds is 7. The summed E-state index contributed by atoms with van der Waals surface area (Å²) in [5.41, 5.74) is 5.80. The number of carboxylic acids is 1. The standard InChI is InChI=1S/C12H18N4O4S/c1-6(2)8-5-21-12(15-8)16-11(20)14-7(10(18)19)3-4-9(13)17/h5-7H,3-4H2,1-2H3,(H2,13,17)(H,18,19)(H2,14,15,16,20)/t7-/m0/s1. The third-order valence-corrected chi connectivity index (χ3v) is 3.39. The van der Waals surface area contributed by atoms with Gasteiger partial charge in [0, 0.05) is 11.8 Å². The highest BCUT2D eigenvalue weighted by atomic mass is 32.1. The first-order chi connectivity index (χ1) is 9.79. The monoisotopic (exact) mass is 314 g/mol. The number of nitrogens with two attached hydrogens (primary N) is 1. The molecule has 0 fully saturated rings. The van der Waals surface area contributed by atoms with Crippen molar-refractivity contribution in [3.63, 3.8) is 0 Å². The SMILES string of the molecule is CC(C)c1csc(NC(=O)N[C@@H](CCC(N)=O)C(=O)O)n1. The number of aliphatic carboxylic acids is 1. The molecule has 1 heterocycles. The Balaban J connectivity index is 2.56. The van der Waals surface area contributed by atoms with E-state index in [9.17, 15) is 14.4 Å². The van der Waals surface area contributed by atoms with Gasteiger partial charge in [-0.25, -0.2) is 14.6 Å². The second-order valence-corrected chi connectivity index (χ2v) is 5.58. The molecule has 9 heteroatoms. The van der Waals surface area contributed by atoms with Crippen LogP contribution in [0.5, 0.6) is 0 Å². The highest BCUT2D eigenvalue weighted by molar-refractivity contribution is 7.13. The van der Waals surface area contributed by atoms with E-state index < -0.39 is 23.9 Å². The van der Waals surface area contributed by atoms with Crippen LogP contribution in [0.3, 0.4) is 0 Å². The number of anilines is 1. The molecule has 0 bridgehead atoms. The Morgan fingerprint density at radius 2 is 2.10 bits per heavy atom. The lowest BCUT2D eigenvalue weighted by molar-refractivity contribution is -0.139. The summed E-state index contributed by atoms with van der Waals surface area (Å²) in [6, 6.07) is -1.86. The molecule has 21 heavy (non-hydrogen) atoms. The largest absolute Gasteiger partial charge is 0.480 e. The lowest BCUT2D eigenvalue weighted by atomic mass is 10.1. The van der Waals surface area contributed by atoms with E-state index in [1.54, 1.807) is 0 Å². The number of primary amides is 1. The number of carbonyl (C=O) groups excluding carboxylic acids is 2. The zero-order valence-electron chi connectivity index (χ0n) is 11.8. The molecule has 0 unspecified atom stereocenters. The van der Waals surface area contributed by atoms with Crippen LogP contribution >= 0.6 is 11.3 Å². The summed E-state index contributed by atoms with van der Waals surface area (Å²) in [6.45, 7) is 3.95. The van der Waals surface area contributed by atoms with Crippen molar-refractivity contribution in [2.45, 2.75) is 38.6 Å². The first-order valence-electron chi connectivity index (χ1n) is 6.33. The summed E-state index contributed by atoms with van der Waals surface area (Å²) in [6.07, 6.45) is -0.181. The first kappa shape index (κ1) is 16.9. The molecule has 0 saturated carbocycles. The molecule has 0 saturated heterocycles. The number of nitrogens with zero attached hydrogens (tertiary/aromatic N) is 1. The van der Waals surface area contributed by atoms with E-state index in [-0.39, 0.29) is 18.8 Å². The second kappa shape index (κ2) is 7.58. The fourth-order valence-electron chi connectivity index (χ4n) is 1.44. The molecule has 0 radical (unpaired) electrons. The first-order valence-corrected chi connectivity index (χ1v) is 7.21. The highest BCUT2D eigenvalue weighted by Gasteiger charge is 2.21. The van der Waals surface area contributed by atoms with Gasteiger partial charge in [-0.05, 0) is 12.3 Å². The number of hydrogen-bond acceptors (Lipinski definition) is 5. The van der Waals surface area contributed by atoms with Gasteiger partial charge in [-0.3, -0.25) is 10.1 Å². The summed E-state index contributed by atoms with van der Waals surface area (Å²) < 4.78 is 0. The molecule has 0 aliphatic carbocycles. The molecule has 0 aromatic carbocycles. The normalized spacial score (nSPS) is 12.0. The average molecular weight is 314 g/mol. The number of urea groups is 1. The van der Waals surface area contributed by atoms with Gasteiger partial charge in [0.25, 0.3) is 0 Å². The third-order valence-electron chi connectivity index (χ3n) is 2.62. The molecule has 0 spiro atoms. The van der Waals surface area contributed by atoms with Gasteiger partial charge >= 0.3 is 12.0 Å². The molecule has 3 amide bonds. The van der Waals surface area contributed by atoms with Crippen LogP contribution in [0.15, 0.2) is 5.38 Å². The minimum absolute atomic E-state index is 0.0623. The van der Waals surface area contributed by atoms with Gasteiger partial charge in [0.2, 0.25) is 5.91 Å². The smallest absolute Gasteiger partial charge is 0.326 e. The summed E-state index contributed by atoms with van der Waals surface area (Å²) in [7, 11) is 0. The van der Waals surface area contributed by atoms with Crippen molar-refractivity contribution in [1.29, 1.82) is 0 Å². The predicted octanol–water partition coefficient (Wildman–Crippen LogP) is 1.11. The lowest BCUT2D eigenvalue weighted by Gasteiger charge is -2.13. The minimum atomic E-state index is -1.23. The van der Waals surface area contributed by atoms with Crippen LogP contribution < -0.4 is 16.4 Å². The zero-order valence-corrected chi connectivity index (χ0v) is 12.6. The fraction of sp³-hybridized carbons (Fsp3) is 0.500. The van der Waals surface area contributed by atoms with E-state index in [2.05, 4.69) is 15.6 Å². The molecule has 1 rings (SSSR count). The molecule has 116 valence electrons. The molecule has 1 aromatic heterocycles. The number of carboxylic acid groups (broad SMARTS) is 1. The summed E-state index contributed by atoms with van der Waals surface area (Å²) in [5.74, 6) is -1.61. The summed E-state index contributed by atoms with van der Waals surface area (Å²) >= 11 is 1.26. The maximum Gasteiger partial charge on any atom is 0.326 e. The van der Waals surface area contributed by atoms with Crippen LogP contribution in [0, 0.1) is 0 Å². The fourth-order valence-corrected chi connectivity index (χ4v) is 2.31. The van der Waals surface area contributed by atoms with Gasteiger partial charge in [-0.1, -0.05) is 13.8 Å². The lowest BCUT2D eigenvalue weighted by Crippen LogP contribution is -2.43. The van der Waals surface area contributed by atoms with Crippen molar-refractivity contribution in [2.75, 3.05) is 5.32 Å². The van der Waals surface area contributed by atoms with Crippen LogP contribution in [0.25, 0.3) is 0 Å². The zero-order chi connectivity index (χ0) is 16.0. The Morgan fingerprint density at radius 3 is 2.57 bits per heavy atom. The van der Waals surface area contributed by atoms with Gasteiger partial charge in [-0.2, -0.15) is 0 Å². The minimum Gasteiger partial charge on any atom is -0.480 e. The number of thiazole rings is 1. The number of aromatic nitrogens is 1. The van der Waals surface area contributed by atoms with E-state index in [0.29, 0.717) is 5.13 Å². The quantitative estimate of drug-likeness (QED) is 0.598. The predicted molar refractivity (Wildman–Crippen MR) is 78.2 cm³/mol.